The maximum Gasteiger partial charge on any atom is 0.243 e. The molecule has 1 unspecified atom stereocenters. The Balaban J connectivity index is 1.75. The van der Waals surface area contributed by atoms with Gasteiger partial charge in [-0.25, -0.2) is 16.8 Å². The maximum atomic E-state index is 13.4. The zero-order valence-corrected chi connectivity index (χ0v) is 18.8. The number of morpholine rings is 1. The van der Waals surface area contributed by atoms with Crippen molar-refractivity contribution < 1.29 is 21.6 Å². The van der Waals surface area contributed by atoms with Crippen LogP contribution in [0.25, 0.3) is 0 Å². The molecule has 0 N–H and O–H groups in total. The molecule has 3 rings (SSSR count). The van der Waals surface area contributed by atoms with Crippen molar-refractivity contribution in [3.8, 4) is 0 Å². The van der Waals surface area contributed by atoms with Gasteiger partial charge in [0.1, 0.15) is 0 Å². The second-order valence-corrected chi connectivity index (χ2v) is 12.0. The van der Waals surface area contributed by atoms with Crippen LogP contribution in [0.1, 0.15) is 31.7 Å². The quantitative estimate of drug-likeness (QED) is 0.575. The fraction of sp³-hybridized carbons (Fsp3) is 0.700. The van der Waals surface area contributed by atoms with Gasteiger partial charge in [-0.3, -0.25) is 4.90 Å². The zero-order chi connectivity index (χ0) is 20.9. The molecule has 1 aromatic carbocycles. The molecule has 2 saturated heterocycles. The first-order chi connectivity index (χ1) is 13.8. The van der Waals surface area contributed by atoms with E-state index in [1.54, 1.807) is 12.1 Å². The number of ether oxygens (including phenoxy) is 1. The molecule has 2 aliphatic rings. The van der Waals surface area contributed by atoms with Gasteiger partial charge in [-0.1, -0.05) is 25.5 Å². The van der Waals surface area contributed by atoms with E-state index < -0.39 is 25.9 Å². The van der Waals surface area contributed by atoms with E-state index in [0.717, 1.165) is 38.0 Å². The highest BCUT2D eigenvalue weighted by atomic mass is 32.2. The second-order valence-electron chi connectivity index (χ2n) is 7.87. The number of benzene rings is 1. The van der Waals surface area contributed by atoms with Crippen LogP contribution in [-0.4, -0.2) is 83.0 Å². The molecule has 0 spiro atoms. The van der Waals surface area contributed by atoms with Crippen LogP contribution in [0.2, 0.25) is 0 Å². The maximum absolute atomic E-state index is 13.4. The number of rotatable bonds is 9. The molecule has 2 aliphatic heterocycles. The topological polar surface area (TPSA) is 84.0 Å². The third kappa shape index (κ3) is 6.01. The Kier molecular flexibility index (Phi) is 7.72. The minimum atomic E-state index is -3.74. The van der Waals surface area contributed by atoms with Gasteiger partial charge in [0, 0.05) is 25.7 Å². The summed E-state index contributed by atoms with van der Waals surface area (Å²) in [7, 11) is -6.92. The predicted molar refractivity (Wildman–Crippen MR) is 113 cm³/mol. The first-order valence-electron chi connectivity index (χ1n) is 10.4. The number of nitrogens with zero attached hydrogens (tertiary/aromatic N) is 2. The van der Waals surface area contributed by atoms with Gasteiger partial charge in [0.2, 0.25) is 10.0 Å². The van der Waals surface area contributed by atoms with Crippen LogP contribution in [-0.2, 0) is 31.0 Å². The molecule has 7 nitrogen and oxygen atoms in total. The molecule has 164 valence electrons. The predicted octanol–water partition coefficient (Wildman–Crippen LogP) is 1.54. The molecule has 9 heteroatoms. The standard InChI is InChI=1S/C20H32N2O5S2/c1-2-4-18-5-7-20(8-6-18)29(25,26)22(19-9-16-28(23,24)17-19)11-3-10-21-12-14-27-15-13-21/h5-8,19H,2-4,9-17H2,1H3. The van der Waals surface area contributed by atoms with E-state index in [1.807, 2.05) is 12.1 Å². The third-order valence-electron chi connectivity index (χ3n) is 5.64. The SMILES string of the molecule is CCCc1ccc(S(=O)(=O)N(CCCN2CCOCC2)C2CCS(=O)(=O)C2)cc1. The molecule has 1 atom stereocenters. The van der Waals surface area contributed by atoms with Crippen molar-refractivity contribution in [1.29, 1.82) is 0 Å². The van der Waals surface area contributed by atoms with Crippen LogP contribution in [0.4, 0.5) is 0 Å². The Bertz CT molecular complexity index is 863. The lowest BCUT2D eigenvalue weighted by atomic mass is 10.1. The lowest BCUT2D eigenvalue weighted by molar-refractivity contribution is 0.0367. The Morgan fingerprint density at radius 2 is 1.86 bits per heavy atom. The summed E-state index contributed by atoms with van der Waals surface area (Å²) in [5.74, 6) is -0.0275. The lowest BCUT2D eigenvalue weighted by Gasteiger charge is -2.30. The Morgan fingerprint density at radius 1 is 1.17 bits per heavy atom. The Morgan fingerprint density at radius 3 is 2.45 bits per heavy atom. The smallest absolute Gasteiger partial charge is 0.243 e. The van der Waals surface area contributed by atoms with Crippen LogP contribution in [0.3, 0.4) is 0 Å². The molecule has 1 aromatic rings. The summed E-state index contributed by atoms with van der Waals surface area (Å²) < 4.78 is 57.6. The number of hydrogen-bond acceptors (Lipinski definition) is 6. The van der Waals surface area contributed by atoms with Crippen LogP contribution >= 0.6 is 0 Å². The van der Waals surface area contributed by atoms with Crippen LogP contribution < -0.4 is 0 Å². The molecule has 29 heavy (non-hydrogen) atoms. The van der Waals surface area contributed by atoms with Gasteiger partial charge in [0.15, 0.2) is 9.84 Å². The van der Waals surface area contributed by atoms with Crippen molar-refractivity contribution >= 4 is 19.9 Å². The van der Waals surface area contributed by atoms with Gasteiger partial charge in [-0.05, 0) is 43.5 Å². The van der Waals surface area contributed by atoms with Gasteiger partial charge < -0.3 is 4.74 Å². The second kappa shape index (κ2) is 9.87. The van der Waals surface area contributed by atoms with E-state index in [9.17, 15) is 16.8 Å². The number of sulfone groups is 1. The summed E-state index contributed by atoms with van der Waals surface area (Å²) in [6, 6.07) is 6.53. The fourth-order valence-corrected chi connectivity index (χ4v) is 7.55. The Labute approximate surface area is 175 Å². The molecule has 0 radical (unpaired) electrons. The minimum Gasteiger partial charge on any atom is -0.379 e. The van der Waals surface area contributed by atoms with Crippen LogP contribution in [0, 0.1) is 0 Å². The summed E-state index contributed by atoms with van der Waals surface area (Å²) in [4.78, 5) is 2.51. The summed E-state index contributed by atoms with van der Waals surface area (Å²) >= 11 is 0. The summed E-state index contributed by atoms with van der Waals surface area (Å²) in [6.45, 7) is 6.30. The molecule has 2 heterocycles. The van der Waals surface area contributed by atoms with E-state index in [-0.39, 0.29) is 16.4 Å². The zero-order valence-electron chi connectivity index (χ0n) is 17.1. The fourth-order valence-electron chi connectivity index (χ4n) is 4.03. The van der Waals surface area contributed by atoms with Crippen molar-refractivity contribution in [2.75, 3.05) is 50.9 Å². The first-order valence-corrected chi connectivity index (χ1v) is 13.7. The highest BCUT2D eigenvalue weighted by Crippen LogP contribution is 2.26. The van der Waals surface area contributed by atoms with Crippen molar-refractivity contribution in [3.63, 3.8) is 0 Å². The van der Waals surface area contributed by atoms with Crippen molar-refractivity contribution in [2.45, 2.75) is 43.5 Å². The van der Waals surface area contributed by atoms with Crippen LogP contribution in [0.15, 0.2) is 29.2 Å². The van der Waals surface area contributed by atoms with Gasteiger partial charge >= 0.3 is 0 Å². The van der Waals surface area contributed by atoms with Gasteiger partial charge in [-0.15, -0.1) is 0 Å². The lowest BCUT2D eigenvalue weighted by Crippen LogP contribution is -2.43. The average Bonchev–Trinajstić information content (AvgIpc) is 3.06. The molecule has 0 aliphatic carbocycles. The number of sulfonamides is 1. The molecule has 0 amide bonds. The molecular weight excluding hydrogens is 412 g/mol. The minimum absolute atomic E-state index is 0.0581. The summed E-state index contributed by atoms with van der Waals surface area (Å²) in [6.07, 6.45) is 2.95. The molecule has 0 bridgehead atoms. The molecular formula is C20H32N2O5S2. The number of aryl methyl sites for hydroxylation is 1. The number of hydrogen-bond donors (Lipinski definition) is 0. The van der Waals surface area contributed by atoms with Gasteiger partial charge in [0.25, 0.3) is 0 Å². The van der Waals surface area contributed by atoms with E-state index in [1.165, 1.54) is 4.31 Å². The van der Waals surface area contributed by atoms with Crippen molar-refractivity contribution in [3.05, 3.63) is 29.8 Å². The normalized spacial score (nSPS) is 22.9. The van der Waals surface area contributed by atoms with E-state index in [2.05, 4.69) is 11.8 Å². The highest BCUT2D eigenvalue weighted by Gasteiger charge is 2.38. The van der Waals surface area contributed by atoms with Gasteiger partial charge in [-0.2, -0.15) is 4.31 Å². The molecule has 0 aromatic heterocycles. The van der Waals surface area contributed by atoms with Crippen molar-refractivity contribution in [2.24, 2.45) is 0 Å². The highest BCUT2D eigenvalue weighted by molar-refractivity contribution is 7.92. The molecule has 2 fully saturated rings. The van der Waals surface area contributed by atoms with Crippen molar-refractivity contribution in [1.82, 2.24) is 9.21 Å². The third-order valence-corrected chi connectivity index (χ3v) is 9.36. The van der Waals surface area contributed by atoms with E-state index in [0.29, 0.717) is 32.6 Å². The van der Waals surface area contributed by atoms with E-state index in [4.69, 9.17) is 4.74 Å². The largest absolute Gasteiger partial charge is 0.379 e. The van der Waals surface area contributed by atoms with Crippen LogP contribution in [0.5, 0.6) is 0 Å². The average molecular weight is 445 g/mol. The van der Waals surface area contributed by atoms with E-state index >= 15 is 0 Å². The summed E-state index contributed by atoms with van der Waals surface area (Å²) in [5.41, 5.74) is 1.11. The Hall–Kier alpha value is -1.00. The first kappa shape index (κ1) is 22.7. The monoisotopic (exact) mass is 444 g/mol. The molecule has 0 saturated carbocycles. The van der Waals surface area contributed by atoms with Gasteiger partial charge in [0.05, 0.1) is 29.6 Å². The summed E-state index contributed by atoms with van der Waals surface area (Å²) in [5, 5.41) is 0.